The lowest BCUT2D eigenvalue weighted by molar-refractivity contribution is -0.0950. The van der Waals surface area contributed by atoms with Crippen molar-refractivity contribution < 1.29 is 20.1 Å². The van der Waals surface area contributed by atoms with Crippen molar-refractivity contribution in [2.75, 3.05) is 12.3 Å². The molecule has 1 fully saturated rings. The molecule has 0 bridgehead atoms. The van der Waals surface area contributed by atoms with E-state index < -0.39 is 36.3 Å². The average Bonchev–Trinajstić information content (AvgIpc) is 2.91. The minimum Gasteiger partial charge on any atom is -0.394 e. The summed E-state index contributed by atoms with van der Waals surface area (Å²) < 4.78 is 6.76. The molecule has 0 aliphatic carbocycles. The van der Waals surface area contributed by atoms with E-state index in [1.807, 2.05) is 0 Å². The Bertz CT molecular complexity index is 738. The predicted octanol–water partition coefficient (Wildman–Crippen LogP) is -2.30. The number of hydrogen-bond acceptors (Lipinski definition) is 8. The molecule has 3 rings (SSSR count). The minimum absolute atomic E-state index is 0.0423. The number of aromatic nitrogens is 4. The number of H-pyrrole nitrogens is 1. The van der Waals surface area contributed by atoms with Gasteiger partial charge in [-0.15, -0.1) is 0 Å². The fourth-order valence-corrected chi connectivity index (χ4v) is 2.52. The van der Waals surface area contributed by atoms with E-state index in [4.69, 9.17) is 10.5 Å². The minimum atomic E-state index is -1.69. The van der Waals surface area contributed by atoms with Crippen LogP contribution in [0, 0.1) is 0 Å². The van der Waals surface area contributed by atoms with Crippen LogP contribution >= 0.6 is 0 Å². The Balaban J connectivity index is 2.15. The van der Waals surface area contributed by atoms with Crippen molar-refractivity contribution in [2.24, 2.45) is 0 Å². The van der Waals surface area contributed by atoms with Crippen molar-refractivity contribution in [3.63, 3.8) is 0 Å². The van der Waals surface area contributed by atoms with Gasteiger partial charge in [0.15, 0.2) is 11.9 Å². The summed E-state index contributed by atoms with van der Waals surface area (Å²) in [6.45, 7) is 0.900. The summed E-state index contributed by atoms with van der Waals surface area (Å²) in [4.78, 5) is 21.5. The van der Waals surface area contributed by atoms with E-state index in [-0.39, 0.29) is 17.0 Å². The third-order valence-corrected chi connectivity index (χ3v) is 3.66. The number of anilines is 1. The van der Waals surface area contributed by atoms with E-state index in [2.05, 4.69) is 15.0 Å². The van der Waals surface area contributed by atoms with Gasteiger partial charge >= 0.3 is 5.69 Å². The Morgan fingerprint density at radius 1 is 1.62 bits per heavy atom. The predicted molar refractivity (Wildman–Crippen MR) is 70.2 cm³/mol. The number of nitrogens with zero attached hydrogens (tertiary/aromatic N) is 3. The quantitative estimate of drug-likeness (QED) is 0.414. The van der Waals surface area contributed by atoms with E-state index in [1.54, 1.807) is 0 Å². The van der Waals surface area contributed by atoms with Gasteiger partial charge in [0, 0.05) is 0 Å². The summed E-state index contributed by atoms with van der Waals surface area (Å²) in [6.07, 6.45) is -2.03. The lowest BCUT2D eigenvalue weighted by Crippen LogP contribution is -2.44. The van der Waals surface area contributed by atoms with Crippen LogP contribution < -0.4 is 11.4 Å². The van der Waals surface area contributed by atoms with E-state index in [0.717, 1.165) is 0 Å². The topological polar surface area (TPSA) is 160 Å². The van der Waals surface area contributed by atoms with Crippen LogP contribution in [0.2, 0.25) is 0 Å². The fraction of sp³-hybridized carbons (Fsp3) is 0.545. The lowest BCUT2D eigenvalue weighted by Gasteiger charge is -2.27. The second-order valence-electron chi connectivity index (χ2n) is 5.16. The number of hydrogen-bond donors (Lipinski definition) is 5. The molecule has 4 atom stereocenters. The van der Waals surface area contributed by atoms with E-state index in [9.17, 15) is 20.1 Å². The molecule has 0 saturated carbocycles. The van der Waals surface area contributed by atoms with Crippen molar-refractivity contribution in [1.82, 2.24) is 19.5 Å². The van der Waals surface area contributed by atoms with Gasteiger partial charge in [-0.3, -0.25) is 9.55 Å². The molecule has 10 heteroatoms. The molecule has 114 valence electrons. The van der Waals surface area contributed by atoms with Crippen LogP contribution in [0.4, 0.5) is 5.82 Å². The maximum atomic E-state index is 11.4. The summed E-state index contributed by atoms with van der Waals surface area (Å²) >= 11 is 0. The first kappa shape index (κ1) is 13.9. The summed E-state index contributed by atoms with van der Waals surface area (Å²) in [5, 5.41) is 29.6. The van der Waals surface area contributed by atoms with Crippen LogP contribution in [0.3, 0.4) is 0 Å². The zero-order valence-corrected chi connectivity index (χ0v) is 11.1. The molecule has 1 aliphatic heterocycles. The molecule has 0 aromatic carbocycles. The van der Waals surface area contributed by atoms with Crippen LogP contribution in [0.15, 0.2) is 11.1 Å². The SMILES string of the molecule is CC1(O)C(O)C(CO)OC1n1cnc2c(N)[nH]c(=O)nc21. The van der Waals surface area contributed by atoms with Gasteiger partial charge in [0.1, 0.15) is 29.1 Å². The zero-order chi connectivity index (χ0) is 15.4. The maximum absolute atomic E-state index is 11.4. The lowest BCUT2D eigenvalue weighted by atomic mass is 9.96. The van der Waals surface area contributed by atoms with E-state index in [0.29, 0.717) is 0 Å². The number of aliphatic hydroxyl groups excluding tert-OH is 2. The second kappa shape index (κ2) is 4.49. The molecule has 1 aliphatic rings. The molecule has 4 unspecified atom stereocenters. The highest BCUT2D eigenvalue weighted by Crippen LogP contribution is 2.39. The van der Waals surface area contributed by atoms with E-state index >= 15 is 0 Å². The van der Waals surface area contributed by atoms with Crippen molar-refractivity contribution in [3.8, 4) is 0 Å². The highest BCUT2D eigenvalue weighted by molar-refractivity contribution is 5.81. The van der Waals surface area contributed by atoms with Gasteiger partial charge in [-0.2, -0.15) is 4.98 Å². The normalized spacial score (nSPS) is 32.9. The number of fused-ring (bicyclic) bond motifs is 1. The van der Waals surface area contributed by atoms with Gasteiger partial charge in [-0.1, -0.05) is 0 Å². The highest BCUT2D eigenvalue weighted by atomic mass is 16.6. The number of imidazole rings is 1. The molecular weight excluding hydrogens is 282 g/mol. The Labute approximate surface area is 117 Å². The Kier molecular flexibility index (Phi) is 2.99. The second-order valence-corrected chi connectivity index (χ2v) is 5.16. The van der Waals surface area contributed by atoms with Gasteiger partial charge in [0.25, 0.3) is 0 Å². The monoisotopic (exact) mass is 297 g/mol. The van der Waals surface area contributed by atoms with Crippen molar-refractivity contribution >= 4 is 17.0 Å². The van der Waals surface area contributed by atoms with Gasteiger partial charge in [-0.25, -0.2) is 9.78 Å². The molecule has 0 radical (unpaired) electrons. The summed E-state index contributed by atoms with van der Waals surface area (Å²) in [5.74, 6) is 0.0423. The third kappa shape index (κ3) is 1.92. The van der Waals surface area contributed by atoms with Crippen molar-refractivity contribution in [3.05, 3.63) is 16.8 Å². The number of nitrogens with one attached hydrogen (secondary N) is 1. The molecule has 6 N–H and O–H groups in total. The number of nitrogen functional groups attached to an aromatic ring is 1. The molecule has 1 saturated heterocycles. The van der Waals surface area contributed by atoms with Gasteiger partial charge in [-0.05, 0) is 6.92 Å². The first-order valence-electron chi connectivity index (χ1n) is 6.25. The van der Waals surface area contributed by atoms with E-state index in [1.165, 1.54) is 17.8 Å². The Morgan fingerprint density at radius 3 is 2.95 bits per heavy atom. The van der Waals surface area contributed by atoms with Crippen molar-refractivity contribution in [1.29, 1.82) is 0 Å². The first-order chi connectivity index (χ1) is 9.86. The van der Waals surface area contributed by atoms with Crippen LogP contribution in [-0.4, -0.2) is 59.3 Å². The fourth-order valence-electron chi connectivity index (χ4n) is 2.52. The van der Waals surface area contributed by atoms with Crippen LogP contribution in [0.5, 0.6) is 0 Å². The summed E-state index contributed by atoms with van der Waals surface area (Å²) in [6, 6.07) is 0. The van der Waals surface area contributed by atoms with Gasteiger partial charge in [0.05, 0.1) is 12.9 Å². The number of aromatic amines is 1. The van der Waals surface area contributed by atoms with Gasteiger partial charge < -0.3 is 25.8 Å². The standard InChI is InChI=1S/C11H15N5O5/c1-11(20)6(18)4(2-17)21-9(11)16-3-13-5-7(12)14-10(19)15-8(5)16/h3-4,6,9,17-18,20H,2H2,1H3,(H3,12,14,15,19). The number of ether oxygens (including phenoxy) is 1. The molecule has 2 aromatic rings. The molecule has 0 spiro atoms. The molecule has 0 amide bonds. The largest absolute Gasteiger partial charge is 0.394 e. The van der Waals surface area contributed by atoms with Gasteiger partial charge in [0.2, 0.25) is 0 Å². The maximum Gasteiger partial charge on any atom is 0.348 e. The average molecular weight is 297 g/mol. The molecule has 10 nitrogen and oxygen atoms in total. The molecule has 3 heterocycles. The van der Waals surface area contributed by atoms with Crippen molar-refractivity contribution in [2.45, 2.75) is 31.0 Å². The molecular formula is C11H15N5O5. The molecule has 2 aromatic heterocycles. The molecule has 21 heavy (non-hydrogen) atoms. The van der Waals surface area contributed by atoms with Crippen LogP contribution in [-0.2, 0) is 4.74 Å². The third-order valence-electron chi connectivity index (χ3n) is 3.66. The summed E-state index contributed by atoms with van der Waals surface area (Å²) in [7, 11) is 0. The number of nitrogens with two attached hydrogens (primary N) is 1. The highest BCUT2D eigenvalue weighted by Gasteiger charge is 2.53. The number of rotatable bonds is 2. The number of aliphatic hydroxyl groups is 3. The van der Waals surface area contributed by atoms with Crippen LogP contribution in [0.25, 0.3) is 11.2 Å². The Hall–Kier alpha value is -2.01. The summed E-state index contributed by atoms with van der Waals surface area (Å²) in [5.41, 5.74) is 3.66. The Morgan fingerprint density at radius 2 is 2.33 bits per heavy atom. The zero-order valence-electron chi connectivity index (χ0n) is 11.1. The first-order valence-corrected chi connectivity index (χ1v) is 6.25. The smallest absolute Gasteiger partial charge is 0.348 e. The van der Waals surface area contributed by atoms with Crippen LogP contribution in [0.1, 0.15) is 13.2 Å².